The van der Waals surface area contributed by atoms with Crippen LogP contribution in [-0.2, 0) is 0 Å². The molecule has 0 spiro atoms. The quantitative estimate of drug-likeness (QED) is 0.682. The fraction of sp³-hybridized carbons (Fsp3) is 0.462. The first kappa shape index (κ1) is 15.7. The molecule has 0 radical (unpaired) electrons. The molecule has 1 amide bonds. The number of carbonyl (C=O) groups excluding carboxylic acids is 1. The maximum Gasteiger partial charge on any atom is 0.263 e. The molecule has 8 heteroatoms. The van der Waals surface area contributed by atoms with Crippen LogP contribution in [0, 0.1) is 13.8 Å². The van der Waals surface area contributed by atoms with Crippen LogP contribution in [0.15, 0.2) is 5.38 Å². The van der Waals surface area contributed by atoms with E-state index < -0.39 is 0 Å². The first-order chi connectivity index (χ1) is 10.1. The van der Waals surface area contributed by atoms with Gasteiger partial charge >= 0.3 is 0 Å². The van der Waals surface area contributed by atoms with Crippen molar-refractivity contribution < 1.29 is 4.79 Å². The summed E-state index contributed by atoms with van der Waals surface area (Å²) in [5.41, 5.74) is 1.76. The number of thiazole rings is 2. The SMILES string of the molecule is CCNc1nc(C)c(C(=O)NCCNc2nc(C)cs2)s1. The summed E-state index contributed by atoms with van der Waals surface area (Å²) in [5.74, 6) is -0.0775. The fourth-order valence-corrected chi connectivity index (χ4v) is 3.36. The van der Waals surface area contributed by atoms with Crippen molar-refractivity contribution in [2.24, 2.45) is 0 Å². The number of nitrogens with zero attached hydrogens (tertiary/aromatic N) is 2. The zero-order valence-electron chi connectivity index (χ0n) is 12.3. The average Bonchev–Trinajstić information content (AvgIpc) is 3.01. The molecule has 0 bridgehead atoms. The molecule has 6 nitrogen and oxygen atoms in total. The highest BCUT2D eigenvalue weighted by atomic mass is 32.1. The lowest BCUT2D eigenvalue weighted by Gasteiger charge is -2.04. The highest BCUT2D eigenvalue weighted by Crippen LogP contribution is 2.22. The number of nitrogens with one attached hydrogen (secondary N) is 3. The number of aromatic nitrogens is 2. The van der Waals surface area contributed by atoms with E-state index in [0.717, 1.165) is 28.2 Å². The second kappa shape index (κ2) is 7.37. The first-order valence-electron chi connectivity index (χ1n) is 6.75. The molecular weight excluding hydrogens is 306 g/mol. The van der Waals surface area contributed by atoms with Crippen LogP contribution in [-0.4, -0.2) is 35.5 Å². The Labute approximate surface area is 132 Å². The van der Waals surface area contributed by atoms with Crippen LogP contribution in [0.1, 0.15) is 28.0 Å². The summed E-state index contributed by atoms with van der Waals surface area (Å²) in [6.45, 7) is 7.80. The molecule has 0 aliphatic heterocycles. The Morgan fingerprint density at radius 2 is 2.00 bits per heavy atom. The zero-order chi connectivity index (χ0) is 15.2. The van der Waals surface area contributed by atoms with Crippen LogP contribution in [0.4, 0.5) is 10.3 Å². The molecule has 21 heavy (non-hydrogen) atoms. The van der Waals surface area contributed by atoms with E-state index in [1.54, 1.807) is 11.3 Å². The number of anilines is 2. The van der Waals surface area contributed by atoms with Gasteiger partial charge in [0.05, 0.1) is 11.4 Å². The Kier molecular flexibility index (Phi) is 5.51. The highest BCUT2D eigenvalue weighted by Gasteiger charge is 2.14. The van der Waals surface area contributed by atoms with Crippen LogP contribution in [0.3, 0.4) is 0 Å². The molecule has 0 aliphatic carbocycles. The van der Waals surface area contributed by atoms with Crippen LogP contribution in [0.2, 0.25) is 0 Å². The lowest BCUT2D eigenvalue weighted by Crippen LogP contribution is -2.28. The first-order valence-corrected chi connectivity index (χ1v) is 8.45. The van der Waals surface area contributed by atoms with Crippen molar-refractivity contribution in [1.82, 2.24) is 15.3 Å². The molecule has 0 saturated carbocycles. The monoisotopic (exact) mass is 325 g/mol. The van der Waals surface area contributed by atoms with E-state index in [2.05, 4.69) is 25.9 Å². The van der Waals surface area contributed by atoms with Crippen molar-refractivity contribution in [2.45, 2.75) is 20.8 Å². The number of rotatable bonds is 7. The Morgan fingerprint density at radius 3 is 2.67 bits per heavy atom. The second-order valence-electron chi connectivity index (χ2n) is 4.44. The molecule has 114 valence electrons. The van der Waals surface area contributed by atoms with E-state index >= 15 is 0 Å². The topological polar surface area (TPSA) is 78.9 Å². The van der Waals surface area contributed by atoms with E-state index in [0.29, 0.717) is 18.0 Å². The minimum atomic E-state index is -0.0775. The molecule has 2 heterocycles. The normalized spacial score (nSPS) is 10.4. The molecule has 3 N–H and O–H groups in total. The van der Waals surface area contributed by atoms with Crippen LogP contribution >= 0.6 is 22.7 Å². The predicted molar refractivity (Wildman–Crippen MR) is 88.7 cm³/mol. The molecule has 0 aliphatic rings. The number of amides is 1. The summed E-state index contributed by atoms with van der Waals surface area (Å²) >= 11 is 2.95. The summed E-state index contributed by atoms with van der Waals surface area (Å²) in [6.07, 6.45) is 0. The smallest absolute Gasteiger partial charge is 0.263 e. The second-order valence-corrected chi connectivity index (χ2v) is 6.30. The number of carbonyl (C=O) groups is 1. The maximum atomic E-state index is 12.1. The van der Waals surface area contributed by atoms with Crippen LogP contribution < -0.4 is 16.0 Å². The van der Waals surface area contributed by atoms with E-state index in [1.807, 2.05) is 26.2 Å². The largest absolute Gasteiger partial charge is 0.362 e. The van der Waals surface area contributed by atoms with Crippen molar-refractivity contribution >= 4 is 38.8 Å². The molecule has 2 rings (SSSR count). The minimum absolute atomic E-state index is 0.0775. The molecule has 0 saturated heterocycles. The van der Waals surface area contributed by atoms with Gasteiger partial charge in [-0.25, -0.2) is 9.97 Å². The van der Waals surface area contributed by atoms with Crippen molar-refractivity contribution in [3.05, 3.63) is 21.6 Å². The Balaban J connectivity index is 1.79. The summed E-state index contributed by atoms with van der Waals surface area (Å²) in [6, 6.07) is 0. The van der Waals surface area contributed by atoms with E-state index in [4.69, 9.17) is 0 Å². The van der Waals surface area contributed by atoms with Gasteiger partial charge in [0, 0.05) is 25.0 Å². The maximum absolute atomic E-state index is 12.1. The molecular formula is C13H19N5OS2. The standard InChI is InChI=1S/C13H19N5OS2/c1-4-14-13-18-9(3)10(21-13)11(19)15-5-6-16-12-17-8(2)7-20-12/h7H,4-6H2,1-3H3,(H,14,18)(H,15,19)(H,16,17). The lowest BCUT2D eigenvalue weighted by atomic mass is 10.4. The highest BCUT2D eigenvalue weighted by molar-refractivity contribution is 7.17. The molecule has 0 atom stereocenters. The van der Waals surface area contributed by atoms with Gasteiger partial charge in [0.2, 0.25) is 0 Å². The third kappa shape index (κ3) is 4.40. The van der Waals surface area contributed by atoms with E-state index in [9.17, 15) is 4.79 Å². The summed E-state index contributed by atoms with van der Waals surface area (Å²) in [5, 5.41) is 12.9. The van der Waals surface area contributed by atoms with Crippen molar-refractivity contribution in [1.29, 1.82) is 0 Å². The van der Waals surface area contributed by atoms with Gasteiger partial charge in [0.15, 0.2) is 10.3 Å². The van der Waals surface area contributed by atoms with Crippen molar-refractivity contribution in [3.8, 4) is 0 Å². The van der Waals surface area contributed by atoms with Gasteiger partial charge in [-0.1, -0.05) is 11.3 Å². The van der Waals surface area contributed by atoms with Gasteiger partial charge in [-0.3, -0.25) is 4.79 Å². The van der Waals surface area contributed by atoms with Gasteiger partial charge in [-0.2, -0.15) is 0 Å². The molecule has 0 unspecified atom stereocenters. The third-order valence-electron chi connectivity index (χ3n) is 2.64. The molecule has 2 aromatic rings. The Bertz CT molecular complexity index is 607. The van der Waals surface area contributed by atoms with Crippen LogP contribution in [0.25, 0.3) is 0 Å². The minimum Gasteiger partial charge on any atom is -0.362 e. The van der Waals surface area contributed by atoms with Crippen LogP contribution in [0.5, 0.6) is 0 Å². The fourth-order valence-electron chi connectivity index (χ4n) is 1.69. The van der Waals surface area contributed by atoms with Gasteiger partial charge in [0.25, 0.3) is 5.91 Å². The predicted octanol–water partition coefficient (Wildman–Crippen LogP) is 2.49. The number of hydrogen-bond donors (Lipinski definition) is 3. The lowest BCUT2D eigenvalue weighted by molar-refractivity contribution is 0.0958. The van der Waals surface area contributed by atoms with Gasteiger partial charge < -0.3 is 16.0 Å². The van der Waals surface area contributed by atoms with E-state index in [1.165, 1.54) is 11.3 Å². The number of aryl methyl sites for hydroxylation is 2. The number of hydrogen-bond acceptors (Lipinski definition) is 7. The molecule has 2 aromatic heterocycles. The van der Waals surface area contributed by atoms with Gasteiger partial charge in [-0.05, 0) is 20.8 Å². The summed E-state index contributed by atoms with van der Waals surface area (Å²) < 4.78 is 0. The summed E-state index contributed by atoms with van der Waals surface area (Å²) in [7, 11) is 0. The van der Waals surface area contributed by atoms with Crippen molar-refractivity contribution in [3.63, 3.8) is 0 Å². The van der Waals surface area contributed by atoms with E-state index in [-0.39, 0.29) is 5.91 Å². The summed E-state index contributed by atoms with van der Waals surface area (Å²) in [4.78, 5) is 21.4. The molecule has 0 fully saturated rings. The van der Waals surface area contributed by atoms with Gasteiger partial charge in [-0.15, -0.1) is 11.3 Å². The Morgan fingerprint density at radius 1 is 1.19 bits per heavy atom. The van der Waals surface area contributed by atoms with Crippen molar-refractivity contribution in [2.75, 3.05) is 30.3 Å². The molecule has 0 aromatic carbocycles. The Hall–Kier alpha value is -1.67. The average molecular weight is 325 g/mol. The van der Waals surface area contributed by atoms with Gasteiger partial charge in [0.1, 0.15) is 4.88 Å². The zero-order valence-corrected chi connectivity index (χ0v) is 14.0. The third-order valence-corrected chi connectivity index (χ3v) is 4.67.